The molecule has 2 N–H and O–H groups in total. The molecule has 0 spiro atoms. The molecule has 1 unspecified atom stereocenters. The molecule has 2 nitrogen and oxygen atoms in total. The van der Waals surface area contributed by atoms with Crippen LogP contribution in [0.3, 0.4) is 0 Å². The first-order valence-corrected chi connectivity index (χ1v) is 5.32. The maximum atomic E-state index is 12.2. The zero-order valence-electron chi connectivity index (χ0n) is 9.27. The highest BCUT2D eigenvalue weighted by Gasteiger charge is 2.41. The van der Waals surface area contributed by atoms with Crippen molar-refractivity contribution >= 4 is 0 Å². The van der Waals surface area contributed by atoms with Gasteiger partial charge in [-0.25, -0.2) is 0 Å². The second kappa shape index (κ2) is 4.29. The summed E-state index contributed by atoms with van der Waals surface area (Å²) in [5.41, 5.74) is 5.54. The molecule has 1 rings (SSSR count). The van der Waals surface area contributed by atoms with E-state index < -0.39 is 18.3 Å². The van der Waals surface area contributed by atoms with Crippen LogP contribution in [0.2, 0.25) is 0 Å². The van der Waals surface area contributed by atoms with Crippen molar-refractivity contribution in [2.45, 2.75) is 38.4 Å². The van der Waals surface area contributed by atoms with Crippen molar-refractivity contribution in [2.75, 3.05) is 19.6 Å². The van der Waals surface area contributed by atoms with Gasteiger partial charge in [0.25, 0.3) is 0 Å². The van der Waals surface area contributed by atoms with Gasteiger partial charge in [0, 0.05) is 12.1 Å². The molecule has 1 saturated carbocycles. The molecule has 0 aromatic rings. The minimum Gasteiger partial charge on any atom is -0.324 e. The summed E-state index contributed by atoms with van der Waals surface area (Å²) in [5, 5.41) is 0. The highest BCUT2D eigenvalue weighted by molar-refractivity contribution is 4.97. The molecule has 1 atom stereocenters. The molecule has 0 saturated heterocycles. The number of hydrogen-bond acceptors (Lipinski definition) is 2. The van der Waals surface area contributed by atoms with Gasteiger partial charge in [0.05, 0.1) is 6.54 Å². The van der Waals surface area contributed by atoms with Crippen LogP contribution in [0.15, 0.2) is 0 Å². The van der Waals surface area contributed by atoms with Gasteiger partial charge in [0.1, 0.15) is 0 Å². The molecular weight excluding hydrogens is 205 g/mol. The van der Waals surface area contributed by atoms with E-state index in [1.807, 2.05) is 6.92 Å². The van der Waals surface area contributed by atoms with E-state index >= 15 is 0 Å². The van der Waals surface area contributed by atoms with Gasteiger partial charge in [0.15, 0.2) is 0 Å². The van der Waals surface area contributed by atoms with Crippen LogP contribution in [0.5, 0.6) is 0 Å². The standard InChI is InChI=1S/C10H19F3N2/c1-3-15(7-10(11,12)13)6-9(2,14)8-4-5-8/h8H,3-7,14H2,1-2H3. The van der Waals surface area contributed by atoms with Crippen molar-refractivity contribution in [1.29, 1.82) is 0 Å². The van der Waals surface area contributed by atoms with Crippen LogP contribution in [-0.2, 0) is 0 Å². The molecule has 0 amide bonds. The Bertz CT molecular complexity index is 209. The Balaban J connectivity index is 2.45. The van der Waals surface area contributed by atoms with Crippen molar-refractivity contribution in [2.24, 2.45) is 11.7 Å². The van der Waals surface area contributed by atoms with Crippen LogP contribution in [0.4, 0.5) is 13.2 Å². The zero-order valence-corrected chi connectivity index (χ0v) is 9.27. The quantitative estimate of drug-likeness (QED) is 0.774. The molecule has 90 valence electrons. The molecule has 0 heterocycles. The average Bonchev–Trinajstić information content (AvgIpc) is 2.81. The first kappa shape index (κ1) is 12.8. The summed E-state index contributed by atoms with van der Waals surface area (Å²) < 4.78 is 36.6. The van der Waals surface area contributed by atoms with Gasteiger partial charge in [-0.1, -0.05) is 6.92 Å². The van der Waals surface area contributed by atoms with Crippen molar-refractivity contribution in [3.05, 3.63) is 0 Å². The van der Waals surface area contributed by atoms with Gasteiger partial charge in [0.2, 0.25) is 0 Å². The monoisotopic (exact) mass is 224 g/mol. The van der Waals surface area contributed by atoms with Crippen molar-refractivity contribution in [3.63, 3.8) is 0 Å². The van der Waals surface area contributed by atoms with E-state index in [0.29, 0.717) is 19.0 Å². The lowest BCUT2D eigenvalue weighted by Crippen LogP contribution is -2.51. The highest BCUT2D eigenvalue weighted by atomic mass is 19.4. The van der Waals surface area contributed by atoms with E-state index in [1.165, 1.54) is 4.90 Å². The average molecular weight is 224 g/mol. The second-order valence-electron chi connectivity index (χ2n) is 4.70. The Morgan fingerprint density at radius 1 is 1.27 bits per heavy atom. The van der Waals surface area contributed by atoms with Crippen molar-refractivity contribution < 1.29 is 13.2 Å². The van der Waals surface area contributed by atoms with Gasteiger partial charge in [-0.15, -0.1) is 0 Å². The minimum absolute atomic E-state index is 0.327. The number of hydrogen-bond donors (Lipinski definition) is 1. The largest absolute Gasteiger partial charge is 0.401 e. The van der Waals surface area contributed by atoms with Crippen LogP contribution >= 0.6 is 0 Å². The van der Waals surface area contributed by atoms with E-state index in [4.69, 9.17) is 5.73 Å². The lowest BCUT2D eigenvalue weighted by molar-refractivity contribution is -0.147. The molecule has 1 aliphatic rings. The van der Waals surface area contributed by atoms with Gasteiger partial charge in [-0.2, -0.15) is 13.2 Å². The third-order valence-corrected chi connectivity index (χ3v) is 2.92. The second-order valence-corrected chi connectivity index (χ2v) is 4.70. The predicted octanol–water partition coefficient (Wildman–Crippen LogP) is 2.00. The Morgan fingerprint density at radius 3 is 2.13 bits per heavy atom. The number of rotatable bonds is 5. The molecule has 0 aliphatic heterocycles. The van der Waals surface area contributed by atoms with E-state index in [0.717, 1.165) is 12.8 Å². The molecule has 5 heteroatoms. The number of likely N-dealkylation sites (N-methyl/N-ethyl adjacent to an activating group) is 1. The van der Waals surface area contributed by atoms with Crippen LogP contribution in [0.25, 0.3) is 0 Å². The van der Waals surface area contributed by atoms with Crippen LogP contribution < -0.4 is 5.73 Å². The fourth-order valence-electron chi connectivity index (χ4n) is 1.89. The Morgan fingerprint density at radius 2 is 1.80 bits per heavy atom. The van der Waals surface area contributed by atoms with E-state index in [1.54, 1.807) is 6.92 Å². The van der Waals surface area contributed by atoms with Crippen LogP contribution in [-0.4, -0.2) is 36.2 Å². The van der Waals surface area contributed by atoms with Crippen molar-refractivity contribution in [3.8, 4) is 0 Å². The van der Waals surface area contributed by atoms with Crippen molar-refractivity contribution in [1.82, 2.24) is 4.90 Å². The summed E-state index contributed by atoms with van der Waals surface area (Å²) in [6.45, 7) is 3.44. The lowest BCUT2D eigenvalue weighted by Gasteiger charge is -2.32. The smallest absolute Gasteiger partial charge is 0.324 e. The van der Waals surface area contributed by atoms with Gasteiger partial charge in [-0.05, 0) is 32.2 Å². The normalized spacial score (nSPS) is 21.8. The third kappa shape index (κ3) is 4.38. The molecular formula is C10H19F3N2. The molecule has 1 aliphatic carbocycles. The zero-order chi connectivity index (χ0) is 11.7. The summed E-state index contributed by atoms with van der Waals surface area (Å²) in [7, 11) is 0. The Kier molecular flexibility index (Phi) is 3.66. The van der Waals surface area contributed by atoms with E-state index in [2.05, 4.69) is 0 Å². The molecule has 0 aromatic heterocycles. The molecule has 0 aromatic carbocycles. The lowest BCUT2D eigenvalue weighted by atomic mass is 9.96. The SMILES string of the molecule is CCN(CC(F)(F)F)CC(C)(N)C1CC1. The fourth-order valence-corrected chi connectivity index (χ4v) is 1.89. The van der Waals surface area contributed by atoms with E-state index in [9.17, 15) is 13.2 Å². The van der Waals surface area contributed by atoms with Gasteiger partial charge >= 0.3 is 6.18 Å². The number of halogens is 3. The summed E-state index contributed by atoms with van der Waals surface area (Å²) in [6.07, 6.45) is -2.03. The number of nitrogens with two attached hydrogens (primary N) is 1. The first-order chi connectivity index (χ1) is 6.74. The van der Waals surface area contributed by atoms with Gasteiger partial charge in [-0.3, -0.25) is 4.90 Å². The van der Waals surface area contributed by atoms with Crippen LogP contribution in [0, 0.1) is 5.92 Å². The maximum Gasteiger partial charge on any atom is 0.401 e. The Labute approximate surface area is 88.6 Å². The topological polar surface area (TPSA) is 29.3 Å². The van der Waals surface area contributed by atoms with Crippen LogP contribution in [0.1, 0.15) is 26.7 Å². The number of alkyl halides is 3. The molecule has 1 fully saturated rings. The molecule has 15 heavy (non-hydrogen) atoms. The number of nitrogens with zero attached hydrogens (tertiary/aromatic N) is 1. The summed E-state index contributed by atoms with van der Waals surface area (Å²) >= 11 is 0. The van der Waals surface area contributed by atoms with Gasteiger partial charge < -0.3 is 5.73 Å². The summed E-state index contributed by atoms with van der Waals surface area (Å²) in [5.74, 6) is 0.403. The maximum absolute atomic E-state index is 12.2. The fraction of sp³-hybridized carbons (Fsp3) is 1.00. The summed E-state index contributed by atoms with van der Waals surface area (Å²) in [4.78, 5) is 1.37. The summed E-state index contributed by atoms with van der Waals surface area (Å²) in [6, 6.07) is 0. The first-order valence-electron chi connectivity index (χ1n) is 5.32. The highest BCUT2D eigenvalue weighted by Crippen LogP contribution is 2.38. The minimum atomic E-state index is -4.13. The predicted molar refractivity (Wildman–Crippen MR) is 53.5 cm³/mol. The molecule has 0 bridgehead atoms. The van der Waals surface area contributed by atoms with E-state index in [-0.39, 0.29) is 0 Å². The Hall–Kier alpha value is -0.290. The molecule has 0 radical (unpaired) electrons. The third-order valence-electron chi connectivity index (χ3n) is 2.92.